The van der Waals surface area contributed by atoms with E-state index in [0.29, 0.717) is 12.8 Å². The lowest BCUT2D eigenvalue weighted by atomic mass is 9.78. The van der Waals surface area contributed by atoms with E-state index in [1.54, 1.807) is 0 Å². The first-order valence-electron chi connectivity index (χ1n) is 6.43. The van der Waals surface area contributed by atoms with Gasteiger partial charge in [-0.3, -0.25) is 4.79 Å². The van der Waals surface area contributed by atoms with E-state index in [0.717, 1.165) is 0 Å². The lowest BCUT2D eigenvalue weighted by Crippen LogP contribution is -2.55. The third-order valence-corrected chi connectivity index (χ3v) is 3.53. The minimum absolute atomic E-state index is 0.0972. The van der Waals surface area contributed by atoms with Crippen LogP contribution in [0.15, 0.2) is 4.99 Å². The molecular formula is C10H20BN5O5. The Morgan fingerprint density at radius 3 is 2.48 bits per heavy atom. The summed E-state index contributed by atoms with van der Waals surface area (Å²) in [6.07, 6.45) is 0.818. The molecular weight excluding hydrogens is 281 g/mol. The smallest absolute Gasteiger partial charge is 0.451 e. The van der Waals surface area contributed by atoms with Crippen LogP contribution in [0.5, 0.6) is 0 Å². The molecule has 0 aromatic carbocycles. The molecule has 2 amide bonds. The van der Waals surface area contributed by atoms with E-state index >= 15 is 0 Å². The van der Waals surface area contributed by atoms with Crippen molar-refractivity contribution in [3.05, 3.63) is 0 Å². The van der Waals surface area contributed by atoms with Crippen LogP contribution in [0.1, 0.15) is 12.8 Å². The highest BCUT2D eigenvalue weighted by Crippen LogP contribution is 2.30. The molecule has 0 radical (unpaired) electrons. The number of carboxylic acid groups (broad SMARTS) is 1. The Morgan fingerprint density at radius 1 is 1.38 bits per heavy atom. The summed E-state index contributed by atoms with van der Waals surface area (Å²) in [4.78, 5) is 27.7. The van der Waals surface area contributed by atoms with Gasteiger partial charge in [0.2, 0.25) is 0 Å². The summed E-state index contributed by atoms with van der Waals surface area (Å²) in [6, 6.07) is -0.740. The van der Waals surface area contributed by atoms with E-state index in [2.05, 4.69) is 4.99 Å². The van der Waals surface area contributed by atoms with Crippen LogP contribution in [0.3, 0.4) is 0 Å². The molecule has 10 nitrogen and oxygen atoms in total. The summed E-state index contributed by atoms with van der Waals surface area (Å²) in [5.41, 5.74) is 14.5. The molecule has 11 heteroatoms. The summed E-state index contributed by atoms with van der Waals surface area (Å²) < 4.78 is 0. The Morgan fingerprint density at radius 2 is 2.00 bits per heavy atom. The van der Waals surface area contributed by atoms with Crippen molar-refractivity contribution in [2.45, 2.75) is 24.7 Å². The van der Waals surface area contributed by atoms with Gasteiger partial charge in [0.15, 0.2) is 5.96 Å². The molecule has 0 aliphatic carbocycles. The minimum atomic E-state index is -1.60. The van der Waals surface area contributed by atoms with Crippen molar-refractivity contribution >= 4 is 25.1 Å². The fraction of sp³-hybridized carbons (Fsp3) is 0.700. The second-order valence-electron chi connectivity index (χ2n) is 5.15. The first-order chi connectivity index (χ1) is 9.66. The molecule has 9 N–H and O–H groups in total. The van der Waals surface area contributed by atoms with Gasteiger partial charge in [0, 0.05) is 12.5 Å². The van der Waals surface area contributed by atoms with Gasteiger partial charge >= 0.3 is 19.1 Å². The van der Waals surface area contributed by atoms with Crippen LogP contribution < -0.4 is 17.2 Å². The van der Waals surface area contributed by atoms with E-state index in [-0.39, 0.29) is 19.4 Å². The second-order valence-corrected chi connectivity index (χ2v) is 5.15. The zero-order chi connectivity index (χ0) is 16.2. The molecule has 0 aromatic heterocycles. The zero-order valence-electron chi connectivity index (χ0n) is 11.5. The monoisotopic (exact) mass is 301 g/mol. The number of aliphatic carboxylic acids is 1. The fourth-order valence-corrected chi connectivity index (χ4v) is 2.40. The molecule has 118 valence electrons. The molecule has 1 rings (SSSR count). The number of urea groups is 1. The van der Waals surface area contributed by atoms with E-state index in [4.69, 9.17) is 27.2 Å². The molecule has 0 aromatic rings. The molecule has 2 atom stereocenters. The maximum atomic E-state index is 11.7. The Labute approximate surface area is 121 Å². The highest BCUT2D eigenvalue weighted by Gasteiger charge is 2.50. The van der Waals surface area contributed by atoms with E-state index in [1.807, 2.05) is 0 Å². The Balaban J connectivity index is 2.78. The van der Waals surface area contributed by atoms with Gasteiger partial charge in [-0.2, -0.15) is 4.99 Å². The Bertz CT molecular complexity index is 442. The Hall–Kier alpha value is -1.85. The highest BCUT2D eigenvalue weighted by atomic mass is 16.4. The second kappa shape index (κ2) is 6.74. The van der Waals surface area contributed by atoms with Crippen LogP contribution in [0.2, 0.25) is 6.32 Å². The van der Waals surface area contributed by atoms with Crippen LogP contribution in [0.4, 0.5) is 4.79 Å². The number of carbonyl (C=O) groups is 2. The lowest BCUT2D eigenvalue weighted by molar-refractivity contribution is -0.144. The summed E-state index contributed by atoms with van der Waals surface area (Å²) in [5, 5.41) is 26.9. The van der Waals surface area contributed by atoms with Crippen molar-refractivity contribution < 1.29 is 24.7 Å². The highest BCUT2D eigenvalue weighted by molar-refractivity contribution is 6.40. The number of aliphatic imine (C=N–C) groups is 1. The van der Waals surface area contributed by atoms with Crippen molar-refractivity contribution in [2.75, 3.05) is 13.1 Å². The normalized spacial score (nSPS) is 24.7. The number of nitrogens with two attached hydrogens (primary N) is 3. The molecule has 0 bridgehead atoms. The number of carbonyl (C=O) groups excluding carboxylic acids is 1. The van der Waals surface area contributed by atoms with Gasteiger partial charge in [-0.1, -0.05) is 6.42 Å². The number of nitrogens with zero attached hydrogens (tertiary/aromatic N) is 2. The number of guanidine groups is 1. The number of hydrogen-bond donors (Lipinski definition) is 6. The van der Waals surface area contributed by atoms with Gasteiger partial charge < -0.3 is 37.3 Å². The molecule has 1 aliphatic heterocycles. The lowest BCUT2D eigenvalue weighted by Gasteiger charge is -2.25. The number of hydrogen-bond acceptors (Lipinski definition) is 5. The molecule has 1 aliphatic rings. The minimum Gasteiger partial charge on any atom is -0.480 e. The molecule has 1 heterocycles. The van der Waals surface area contributed by atoms with Crippen LogP contribution >= 0.6 is 0 Å². The SMILES string of the molecule is NC(N)=NC(=O)N1C[C@H](CCCB(O)O)[C@](N)(C(=O)O)C1. The van der Waals surface area contributed by atoms with Crippen molar-refractivity contribution in [1.29, 1.82) is 0 Å². The molecule has 21 heavy (non-hydrogen) atoms. The van der Waals surface area contributed by atoms with Crippen LogP contribution in [0.25, 0.3) is 0 Å². The molecule has 1 saturated heterocycles. The number of likely N-dealkylation sites (tertiary alicyclic amines) is 1. The summed E-state index contributed by atoms with van der Waals surface area (Å²) in [5.74, 6) is -2.16. The summed E-state index contributed by atoms with van der Waals surface area (Å²) >= 11 is 0. The fourth-order valence-electron chi connectivity index (χ4n) is 2.40. The van der Waals surface area contributed by atoms with Crippen LogP contribution in [-0.4, -0.2) is 63.8 Å². The quantitative estimate of drug-likeness (QED) is 0.180. The van der Waals surface area contributed by atoms with Crippen molar-refractivity contribution in [3.63, 3.8) is 0 Å². The van der Waals surface area contributed by atoms with Gasteiger partial charge in [0.1, 0.15) is 5.54 Å². The maximum absolute atomic E-state index is 11.7. The third kappa shape index (κ3) is 4.31. The summed E-state index contributed by atoms with van der Waals surface area (Å²) in [6.45, 7) is -0.107. The Kier molecular flexibility index (Phi) is 5.52. The topological polar surface area (TPSA) is 188 Å². The predicted octanol–water partition coefficient (Wildman–Crippen LogP) is -2.65. The van der Waals surface area contributed by atoms with Gasteiger partial charge in [0.05, 0.1) is 6.54 Å². The van der Waals surface area contributed by atoms with E-state index < -0.39 is 36.5 Å². The predicted molar refractivity (Wildman–Crippen MR) is 75.1 cm³/mol. The van der Waals surface area contributed by atoms with Crippen molar-refractivity contribution in [3.8, 4) is 0 Å². The largest absolute Gasteiger partial charge is 0.480 e. The molecule has 0 spiro atoms. The number of carboxylic acids is 1. The van der Waals surface area contributed by atoms with Crippen molar-refractivity contribution in [2.24, 2.45) is 28.1 Å². The number of rotatable bonds is 5. The van der Waals surface area contributed by atoms with Gasteiger partial charge in [0.25, 0.3) is 0 Å². The third-order valence-electron chi connectivity index (χ3n) is 3.53. The van der Waals surface area contributed by atoms with Crippen molar-refractivity contribution in [1.82, 2.24) is 4.90 Å². The average molecular weight is 301 g/mol. The van der Waals surface area contributed by atoms with Crippen LogP contribution in [0, 0.1) is 5.92 Å². The first-order valence-corrected chi connectivity index (χ1v) is 6.43. The van der Waals surface area contributed by atoms with Gasteiger partial charge in [-0.05, 0) is 12.7 Å². The van der Waals surface area contributed by atoms with E-state index in [9.17, 15) is 14.7 Å². The van der Waals surface area contributed by atoms with Gasteiger partial charge in [-0.25, -0.2) is 4.79 Å². The molecule has 0 unspecified atom stereocenters. The van der Waals surface area contributed by atoms with Crippen LogP contribution in [-0.2, 0) is 4.79 Å². The average Bonchev–Trinajstić information content (AvgIpc) is 2.67. The first kappa shape index (κ1) is 17.2. The zero-order valence-corrected chi connectivity index (χ0v) is 11.5. The van der Waals surface area contributed by atoms with E-state index in [1.165, 1.54) is 4.90 Å². The van der Waals surface area contributed by atoms with Gasteiger partial charge in [-0.15, -0.1) is 0 Å². The number of amides is 2. The standard InChI is InChI=1S/C10H20BN5O5/c12-8(13)15-9(19)16-4-6(2-1-3-11(20)21)10(14,5-16)7(17)18/h6,20-21H,1-5,14H2,(H,17,18)(H4,12,13,15,19)/t6-,10-/m0/s1. The summed E-state index contributed by atoms with van der Waals surface area (Å²) in [7, 11) is -1.46. The maximum Gasteiger partial charge on any atom is 0.451 e. The molecule has 0 saturated carbocycles. The molecule has 1 fully saturated rings.